The van der Waals surface area contributed by atoms with Gasteiger partial charge in [-0.05, 0) is 89.0 Å². The molecule has 11 aromatic rings. The van der Waals surface area contributed by atoms with Crippen LogP contribution in [0, 0.1) is 5.82 Å². The second kappa shape index (κ2) is 13.8. The van der Waals surface area contributed by atoms with Crippen molar-refractivity contribution >= 4 is 60.8 Å². The predicted molar refractivity (Wildman–Crippen MR) is 239 cm³/mol. The molecule has 0 saturated carbocycles. The maximum absolute atomic E-state index is 15.4. The molecule has 11 rings (SSSR count). The topological polar surface area (TPSA) is 21.3 Å². The summed E-state index contributed by atoms with van der Waals surface area (Å²) in [5.74, 6) is -0.217. The van der Waals surface area contributed by atoms with Gasteiger partial charge in [-0.3, -0.25) is 0 Å². The van der Waals surface area contributed by atoms with Crippen molar-refractivity contribution in [1.29, 1.82) is 0 Å². The van der Waals surface area contributed by atoms with Crippen molar-refractivity contribution in [1.82, 2.24) is 4.57 Å². The molecular formula is C54H35FN2O. The molecule has 9 aromatic carbocycles. The van der Waals surface area contributed by atoms with Gasteiger partial charge in [-0.25, -0.2) is 4.39 Å². The van der Waals surface area contributed by atoms with E-state index in [4.69, 9.17) is 4.42 Å². The summed E-state index contributed by atoms with van der Waals surface area (Å²) in [7, 11) is 0. The van der Waals surface area contributed by atoms with Gasteiger partial charge in [-0.2, -0.15) is 0 Å². The Bertz CT molecular complexity index is 3290. The number of hydrogen-bond acceptors (Lipinski definition) is 2. The van der Waals surface area contributed by atoms with Gasteiger partial charge in [0.15, 0.2) is 0 Å². The molecule has 2 aromatic heterocycles. The number of hydrogen-bond donors (Lipinski definition) is 0. The molecule has 0 N–H and O–H groups in total. The molecule has 58 heavy (non-hydrogen) atoms. The Morgan fingerprint density at radius 1 is 0.397 bits per heavy atom. The van der Waals surface area contributed by atoms with Crippen LogP contribution in [0.4, 0.5) is 21.5 Å². The number of aromatic nitrogens is 1. The summed E-state index contributed by atoms with van der Waals surface area (Å²) in [6, 6.07) is 73.1. The predicted octanol–water partition coefficient (Wildman–Crippen LogP) is 15.3. The van der Waals surface area contributed by atoms with Crippen molar-refractivity contribution < 1.29 is 8.81 Å². The maximum Gasteiger partial charge on any atom is 0.143 e. The van der Waals surface area contributed by atoms with Gasteiger partial charge in [0.1, 0.15) is 17.0 Å². The highest BCUT2D eigenvalue weighted by Gasteiger charge is 2.19. The monoisotopic (exact) mass is 746 g/mol. The largest absolute Gasteiger partial charge is 0.455 e. The first-order valence-electron chi connectivity index (χ1n) is 19.5. The highest BCUT2D eigenvalue weighted by atomic mass is 19.1. The molecule has 2 heterocycles. The molecule has 0 spiro atoms. The first-order chi connectivity index (χ1) is 28.7. The van der Waals surface area contributed by atoms with Gasteiger partial charge >= 0.3 is 0 Å². The van der Waals surface area contributed by atoms with Crippen molar-refractivity contribution in [2.24, 2.45) is 0 Å². The van der Waals surface area contributed by atoms with Gasteiger partial charge < -0.3 is 13.9 Å². The summed E-state index contributed by atoms with van der Waals surface area (Å²) in [6.45, 7) is 0. The molecule has 0 bridgehead atoms. The van der Waals surface area contributed by atoms with E-state index in [0.717, 1.165) is 94.5 Å². The lowest BCUT2D eigenvalue weighted by Gasteiger charge is -2.26. The first kappa shape index (κ1) is 33.6. The summed E-state index contributed by atoms with van der Waals surface area (Å²) < 4.78 is 24.0. The van der Waals surface area contributed by atoms with Gasteiger partial charge in [-0.15, -0.1) is 0 Å². The fourth-order valence-corrected chi connectivity index (χ4v) is 8.60. The summed E-state index contributed by atoms with van der Waals surface area (Å²) in [5, 5.41) is 3.77. The van der Waals surface area contributed by atoms with Crippen LogP contribution in [0.15, 0.2) is 217 Å². The van der Waals surface area contributed by atoms with Crippen molar-refractivity contribution in [3.63, 3.8) is 0 Å². The third kappa shape index (κ3) is 5.57. The van der Waals surface area contributed by atoms with Crippen molar-refractivity contribution in [2.75, 3.05) is 4.90 Å². The van der Waals surface area contributed by atoms with Crippen LogP contribution < -0.4 is 4.90 Å². The van der Waals surface area contributed by atoms with E-state index in [-0.39, 0.29) is 5.82 Å². The minimum Gasteiger partial charge on any atom is -0.455 e. The fraction of sp³-hybridized carbons (Fsp3) is 0. The lowest BCUT2D eigenvalue weighted by atomic mass is 10.0. The maximum atomic E-state index is 15.4. The lowest BCUT2D eigenvalue weighted by molar-refractivity contribution is 0.640. The summed E-state index contributed by atoms with van der Waals surface area (Å²) in [5.41, 5.74) is 14.3. The van der Waals surface area contributed by atoms with Crippen LogP contribution in [-0.2, 0) is 0 Å². The Labute approximate surface area is 335 Å². The number of anilines is 3. The smallest absolute Gasteiger partial charge is 0.143 e. The Hall–Kier alpha value is -7.69. The average molecular weight is 747 g/mol. The number of rotatable bonds is 7. The van der Waals surface area contributed by atoms with E-state index >= 15 is 4.39 Å². The second-order valence-corrected chi connectivity index (χ2v) is 14.6. The zero-order valence-electron chi connectivity index (χ0n) is 31.4. The van der Waals surface area contributed by atoms with Crippen LogP contribution in [-0.4, -0.2) is 4.57 Å². The second-order valence-electron chi connectivity index (χ2n) is 14.6. The molecule has 4 heteroatoms. The first-order valence-corrected chi connectivity index (χ1v) is 19.5. The van der Waals surface area contributed by atoms with Crippen LogP contribution in [0.1, 0.15) is 0 Å². The number of halogens is 1. The van der Waals surface area contributed by atoms with Gasteiger partial charge in [-0.1, -0.05) is 146 Å². The third-order valence-electron chi connectivity index (χ3n) is 11.3. The molecule has 0 aliphatic heterocycles. The summed E-state index contributed by atoms with van der Waals surface area (Å²) in [4.78, 5) is 2.31. The van der Waals surface area contributed by atoms with Crippen LogP contribution >= 0.6 is 0 Å². The molecule has 0 radical (unpaired) electrons. The number of fused-ring (bicyclic) bond motifs is 6. The zero-order valence-corrected chi connectivity index (χ0v) is 31.4. The van der Waals surface area contributed by atoms with Gasteiger partial charge in [0.05, 0.1) is 16.7 Å². The Morgan fingerprint density at radius 3 is 1.79 bits per heavy atom. The van der Waals surface area contributed by atoms with Gasteiger partial charge in [0.2, 0.25) is 0 Å². The molecule has 0 fully saturated rings. The minimum atomic E-state index is -0.217. The Morgan fingerprint density at radius 2 is 0.983 bits per heavy atom. The van der Waals surface area contributed by atoms with E-state index in [9.17, 15) is 0 Å². The number of para-hydroxylation sites is 4. The molecule has 0 aliphatic rings. The van der Waals surface area contributed by atoms with E-state index in [1.165, 1.54) is 0 Å². The number of benzene rings is 9. The number of furan rings is 1. The highest BCUT2D eigenvalue weighted by Crippen LogP contribution is 2.42. The normalized spacial score (nSPS) is 11.5. The molecule has 0 atom stereocenters. The van der Waals surface area contributed by atoms with Crippen molar-refractivity contribution in [3.8, 4) is 39.1 Å². The van der Waals surface area contributed by atoms with Crippen LogP contribution in [0.5, 0.6) is 0 Å². The Balaban J connectivity index is 1.02. The number of nitrogens with zero attached hydrogens (tertiary/aromatic N) is 2. The summed E-state index contributed by atoms with van der Waals surface area (Å²) in [6.07, 6.45) is 0. The van der Waals surface area contributed by atoms with Crippen molar-refractivity contribution in [2.45, 2.75) is 0 Å². The standard InChI is InChI=1S/C54H35FN2O/c55-48-22-12-25-51-53(48)47-19-5-8-24-50(47)57(51)49-23-7-4-17-43(49)37-27-31-40(32-28-37)56(42-16-10-15-39(35-42)36-13-2-1-3-14-36)41-33-29-38(30-34-41)44-20-11-21-46-45-18-6-9-26-52(45)58-54(44)46/h1-35H. The lowest BCUT2D eigenvalue weighted by Crippen LogP contribution is -2.10. The zero-order chi connectivity index (χ0) is 38.6. The highest BCUT2D eigenvalue weighted by molar-refractivity contribution is 6.11. The SMILES string of the molecule is Fc1cccc2c1c1ccccc1n2-c1ccccc1-c1ccc(N(c2ccc(-c3cccc4c3oc3ccccc34)cc2)c2cccc(-c3ccccc3)c2)cc1. The van der Waals surface area contributed by atoms with Crippen molar-refractivity contribution in [3.05, 3.63) is 218 Å². The molecule has 0 unspecified atom stereocenters. The van der Waals surface area contributed by atoms with Crippen LogP contribution in [0.2, 0.25) is 0 Å². The van der Waals surface area contributed by atoms with E-state index in [1.54, 1.807) is 12.1 Å². The minimum absolute atomic E-state index is 0.217. The quantitative estimate of drug-likeness (QED) is 0.162. The van der Waals surface area contributed by atoms with E-state index < -0.39 is 0 Å². The summed E-state index contributed by atoms with van der Waals surface area (Å²) >= 11 is 0. The average Bonchev–Trinajstić information content (AvgIpc) is 3.84. The van der Waals surface area contributed by atoms with E-state index in [2.05, 4.69) is 161 Å². The molecule has 0 amide bonds. The Kier molecular flexibility index (Phi) is 8.00. The molecule has 0 aliphatic carbocycles. The van der Waals surface area contributed by atoms with Crippen LogP contribution in [0.25, 0.3) is 82.8 Å². The molecule has 0 saturated heterocycles. The molecule has 3 nitrogen and oxygen atoms in total. The van der Waals surface area contributed by atoms with E-state index in [1.807, 2.05) is 48.5 Å². The molecule has 274 valence electrons. The fourth-order valence-electron chi connectivity index (χ4n) is 8.60. The van der Waals surface area contributed by atoms with Gasteiger partial charge in [0, 0.05) is 49.7 Å². The molecular weight excluding hydrogens is 712 g/mol. The third-order valence-corrected chi connectivity index (χ3v) is 11.3. The van der Waals surface area contributed by atoms with E-state index in [0.29, 0.717) is 5.39 Å². The van der Waals surface area contributed by atoms with Crippen LogP contribution in [0.3, 0.4) is 0 Å². The van der Waals surface area contributed by atoms with Gasteiger partial charge in [0.25, 0.3) is 0 Å².